The standard InChI is InChI=1S/C32H45FN4O2Si/c1-32(2,3)40(6,7)39-19-18-36(4)24-20-26-29(27(33)21-24)34-30(23-12-13-23)35-31(26)37-16-14-22(15-17-37)25-10-8-9-11-28(25)38-5/h8-11,20-23H,12-19H2,1-7H3. The maximum absolute atomic E-state index is 15.7. The molecule has 40 heavy (non-hydrogen) atoms. The van der Waals surface area contributed by atoms with Crippen LogP contribution in [0, 0.1) is 5.82 Å². The van der Waals surface area contributed by atoms with Crippen molar-refractivity contribution in [3.63, 3.8) is 0 Å². The molecule has 5 rings (SSSR count). The Hall–Kier alpha value is -2.71. The van der Waals surface area contributed by atoms with Crippen LogP contribution in [0.15, 0.2) is 36.4 Å². The van der Waals surface area contributed by atoms with E-state index in [-0.39, 0.29) is 10.9 Å². The average Bonchev–Trinajstić information content (AvgIpc) is 3.78. The summed E-state index contributed by atoms with van der Waals surface area (Å²) in [5.41, 5.74) is 2.54. The Bertz CT molecular complexity index is 1350. The molecule has 1 saturated heterocycles. The molecule has 1 saturated carbocycles. The Morgan fingerprint density at radius 3 is 2.38 bits per heavy atom. The molecule has 6 nitrogen and oxygen atoms in total. The quantitative estimate of drug-likeness (QED) is 0.251. The second-order valence-corrected chi connectivity index (χ2v) is 17.8. The van der Waals surface area contributed by atoms with Crippen LogP contribution < -0.4 is 14.5 Å². The average molecular weight is 565 g/mol. The number of halogens is 1. The first-order valence-corrected chi connectivity index (χ1v) is 17.6. The van der Waals surface area contributed by atoms with Crippen LogP contribution in [0.2, 0.25) is 18.1 Å². The van der Waals surface area contributed by atoms with Crippen LogP contribution >= 0.6 is 0 Å². The highest BCUT2D eigenvalue weighted by Gasteiger charge is 2.37. The molecule has 1 aliphatic carbocycles. The van der Waals surface area contributed by atoms with Crippen molar-refractivity contribution in [3.8, 4) is 5.75 Å². The van der Waals surface area contributed by atoms with Gasteiger partial charge < -0.3 is 19.0 Å². The van der Waals surface area contributed by atoms with Gasteiger partial charge in [-0.25, -0.2) is 14.4 Å². The lowest BCUT2D eigenvalue weighted by Crippen LogP contribution is -2.42. The van der Waals surface area contributed by atoms with Gasteiger partial charge in [-0.1, -0.05) is 39.0 Å². The van der Waals surface area contributed by atoms with Crippen molar-refractivity contribution in [1.29, 1.82) is 0 Å². The SMILES string of the molecule is COc1ccccc1C1CCN(c2nc(C3CC3)nc3c(F)cc(N(C)CCO[Si](C)(C)C(C)(C)C)cc23)CC1. The highest BCUT2D eigenvalue weighted by atomic mass is 28.4. The molecule has 216 valence electrons. The van der Waals surface area contributed by atoms with Crippen molar-refractivity contribution >= 4 is 30.7 Å². The molecule has 2 heterocycles. The Labute approximate surface area is 240 Å². The third-order valence-corrected chi connectivity index (χ3v) is 13.7. The Kier molecular flexibility index (Phi) is 8.12. The number of hydrogen-bond donors (Lipinski definition) is 0. The summed E-state index contributed by atoms with van der Waals surface area (Å²) in [5.74, 6) is 3.12. The number of likely N-dealkylation sites (N-methyl/N-ethyl adjacent to an activating group) is 1. The van der Waals surface area contributed by atoms with E-state index in [1.54, 1.807) is 13.2 Å². The zero-order valence-electron chi connectivity index (χ0n) is 25.3. The summed E-state index contributed by atoms with van der Waals surface area (Å²) in [7, 11) is 1.90. The van der Waals surface area contributed by atoms with Crippen molar-refractivity contribution in [3.05, 3.63) is 53.6 Å². The van der Waals surface area contributed by atoms with E-state index < -0.39 is 8.32 Å². The molecule has 2 aromatic carbocycles. The minimum atomic E-state index is -1.84. The summed E-state index contributed by atoms with van der Waals surface area (Å²) >= 11 is 0. The molecule has 0 spiro atoms. The fourth-order valence-corrected chi connectivity index (χ4v) is 6.39. The van der Waals surface area contributed by atoms with Gasteiger partial charge in [-0.15, -0.1) is 0 Å². The van der Waals surface area contributed by atoms with Crippen LogP contribution in [-0.4, -0.2) is 58.7 Å². The van der Waals surface area contributed by atoms with Crippen LogP contribution in [0.5, 0.6) is 5.75 Å². The summed E-state index contributed by atoms with van der Waals surface area (Å²) in [6, 6.07) is 12.0. The zero-order chi connectivity index (χ0) is 28.7. The van der Waals surface area contributed by atoms with Crippen LogP contribution in [0.4, 0.5) is 15.9 Å². The first-order chi connectivity index (χ1) is 19.0. The summed E-state index contributed by atoms with van der Waals surface area (Å²) in [6.07, 6.45) is 4.16. The van der Waals surface area contributed by atoms with E-state index in [1.165, 1.54) is 5.56 Å². The number of nitrogens with zero attached hydrogens (tertiary/aromatic N) is 4. The fraction of sp³-hybridized carbons (Fsp3) is 0.562. The minimum absolute atomic E-state index is 0.158. The van der Waals surface area contributed by atoms with Gasteiger partial charge in [0.25, 0.3) is 0 Å². The van der Waals surface area contributed by atoms with Crippen molar-refractivity contribution in [2.45, 2.75) is 76.4 Å². The van der Waals surface area contributed by atoms with E-state index in [9.17, 15) is 0 Å². The second-order valence-electron chi connectivity index (χ2n) is 13.0. The number of hydrogen-bond acceptors (Lipinski definition) is 6. The van der Waals surface area contributed by atoms with Crippen LogP contribution in [0.1, 0.15) is 69.7 Å². The molecule has 3 aromatic rings. The Morgan fingerprint density at radius 2 is 1.73 bits per heavy atom. The molecule has 0 N–H and O–H groups in total. The second kappa shape index (κ2) is 11.3. The molecule has 1 aromatic heterocycles. The molecule has 8 heteroatoms. The predicted octanol–water partition coefficient (Wildman–Crippen LogP) is 7.50. The Balaban J connectivity index is 1.39. The lowest BCUT2D eigenvalue weighted by atomic mass is 9.88. The smallest absolute Gasteiger partial charge is 0.192 e. The highest BCUT2D eigenvalue weighted by Crippen LogP contribution is 2.42. The molecule has 0 radical (unpaired) electrons. The number of methoxy groups -OCH3 is 1. The van der Waals surface area contributed by atoms with Gasteiger partial charge in [0.2, 0.25) is 0 Å². The van der Waals surface area contributed by atoms with Gasteiger partial charge in [-0.3, -0.25) is 0 Å². The largest absolute Gasteiger partial charge is 0.496 e. The summed E-state index contributed by atoms with van der Waals surface area (Å²) in [6.45, 7) is 14.3. The van der Waals surface area contributed by atoms with E-state index >= 15 is 4.39 Å². The van der Waals surface area contributed by atoms with Gasteiger partial charge in [-0.2, -0.15) is 0 Å². The topological polar surface area (TPSA) is 50.7 Å². The number of benzene rings is 2. The first-order valence-electron chi connectivity index (χ1n) is 14.7. The molecular weight excluding hydrogens is 519 g/mol. The lowest BCUT2D eigenvalue weighted by molar-refractivity contribution is 0.296. The number of piperidine rings is 1. The third-order valence-electron chi connectivity index (χ3n) is 9.19. The van der Waals surface area contributed by atoms with Gasteiger partial charge in [0, 0.05) is 43.7 Å². The molecule has 0 unspecified atom stereocenters. The van der Waals surface area contributed by atoms with Gasteiger partial charge in [0.15, 0.2) is 14.1 Å². The predicted molar refractivity (Wildman–Crippen MR) is 165 cm³/mol. The number of anilines is 2. The molecular formula is C32H45FN4O2Si. The van der Waals surface area contributed by atoms with E-state index in [4.69, 9.17) is 19.1 Å². The van der Waals surface area contributed by atoms with Crippen LogP contribution in [0.3, 0.4) is 0 Å². The molecule has 0 amide bonds. The molecule has 2 aliphatic rings. The van der Waals surface area contributed by atoms with Crippen molar-refractivity contribution in [2.75, 3.05) is 50.2 Å². The molecule has 1 aliphatic heterocycles. The summed E-state index contributed by atoms with van der Waals surface area (Å²) in [4.78, 5) is 14.2. The van der Waals surface area contributed by atoms with E-state index in [0.29, 0.717) is 30.5 Å². The maximum Gasteiger partial charge on any atom is 0.192 e. The van der Waals surface area contributed by atoms with Gasteiger partial charge in [-0.05, 0) is 73.5 Å². The molecule has 2 fully saturated rings. The third kappa shape index (κ3) is 5.98. The molecule has 0 atom stereocenters. The van der Waals surface area contributed by atoms with E-state index in [1.807, 2.05) is 19.2 Å². The first kappa shape index (κ1) is 28.8. The zero-order valence-corrected chi connectivity index (χ0v) is 26.3. The minimum Gasteiger partial charge on any atom is -0.496 e. The fourth-order valence-electron chi connectivity index (χ4n) is 5.35. The van der Waals surface area contributed by atoms with Crippen molar-refractivity contribution in [2.24, 2.45) is 0 Å². The van der Waals surface area contributed by atoms with Crippen molar-refractivity contribution < 1.29 is 13.6 Å². The van der Waals surface area contributed by atoms with Crippen LogP contribution in [-0.2, 0) is 4.43 Å². The van der Waals surface area contributed by atoms with E-state index in [0.717, 1.165) is 67.2 Å². The monoisotopic (exact) mass is 564 g/mol. The maximum atomic E-state index is 15.7. The van der Waals surface area contributed by atoms with Crippen molar-refractivity contribution in [1.82, 2.24) is 9.97 Å². The van der Waals surface area contributed by atoms with Crippen LogP contribution in [0.25, 0.3) is 10.9 Å². The number of fused-ring (bicyclic) bond motifs is 1. The number of para-hydroxylation sites is 1. The lowest BCUT2D eigenvalue weighted by Gasteiger charge is -2.36. The van der Waals surface area contributed by atoms with Gasteiger partial charge >= 0.3 is 0 Å². The van der Waals surface area contributed by atoms with Gasteiger partial charge in [0.05, 0.1) is 13.7 Å². The highest BCUT2D eigenvalue weighted by molar-refractivity contribution is 6.74. The molecule has 0 bridgehead atoms. The number of aromatic nitrogens is 2. The number of ether oxygens (including phenoxy) is 1. The normalized spacial score (nSPS) is 16.9. The summed E-state index contributed by atoms with van der Waals surface area (Å²) in [5, 5.41) is 0.956. The van der Waals surface area contributed by atoms with E-state index in [2.05, 4.69) is 61.9 Å². The summed E-state index contributed by atoms with van der Waals surface area (Å²) < 4.78 is 27.7. The number of rotatable bonds is 9. The Morgan fingerprint density at radius 1 is 1.02 bits per heavy atom. The van der Waals surface area contributed by atoms with Gasteiger partial charge in [0.1, 0.15) is 22.9 Å².